The summed E-state index contributed by atoms with van der Waals surface area (Å²) in [6, 6.07) is 56.2. The highest BCUT2D eigenvalue weighted by molar-refractivity contribution is 5.97. The SMILES string of the molecule is Cc1ccc(C(=Cc2ccc(N)cc2-c2ccc(C)cc2)c2ccc(C(=Cc3ccc(N)cc3-c3ccc(C)cc3)c3ccc(C)cc3)cc2)cc1. The van der Waals surface area contributed by atoms with Gasteiger partial charge >= 0.3 is 0 Å². The van der Waals surface area contributed by atoms with Gasteiger partial charge in [-0.2, -0.15) is 0 Å². The Bertz CT molecular complexity index is 2220. The van der Waals surface area contributed by atoms with Gasteiger partial charge in [0.15, 0.2) is 0 Å². The average Bonchev–Trinajstić information content (AvgIpc) is 3.15. The standard InChI is InChI=1S/C50H44N2/c1-33-5-13-37(14-6-33)47(29-43-25-27-45(51)31-49(43)39-17-9-35(3)10-18-39)41-21-23-42(24-22-41)48(38-15-7-34(2)8-16-38)30-44-26-28-46(52)32-50(44)40-19-11-36(4)12-20-40/h5-32H,51-52H2,1-4H3. The summed E-state index contributed by atoms with van der Waals surface area (Å²) in [4.78, 5) is 0. The predicted octanol–water partition coefficient (Wildman–Crippen LogP) is 12.6. The zero-order chi connectivity index (χ0) is 36.2. The van der Waals surface area contributed by atoms with Gasteiger partial charge in [0.2, 0.25) is 0 Å². The van der Waals surface area contributed by atoms with Crippen molar-refractivity contribution in [3.8, 4) is 22.3 Å². The molecular formula is C50H44N2. The lowest BCUT2D eigenvalue weighted by Gasteiger charge is -2.15. The molecule has 0 bridgehead atoms. The third-order valence-corrected chi connectivity index (χ3v) is 9.71. The first-order chi connectivity index (χ1) is 25.2. The van der Waals surface area contributed by atoms with E-state index in [1.165, 1.54) is 22.3 Å². The van der Waals surface area contributed by atoms with Crippen LogP contribution in [0.25, 0.3) is 45.6 Å². The van der Waals surface area contributed by atoms with Crippen molar-refractivity contribution < 1.29 is 0 Å². The molecular weight excluding hydrogens is 629 g/mol. The fourth-order valence-electron chi connectivity index (χ4n) is 6.64. The molecule has 0 aromatic heterocycles. The number of nitrogen functional groups attached to an aromatic ring is 2. The quantitative estimate of drug-likeness (QED) is 0.125. The Morgan fingerprint density at radius 3 is 0.923 bits per heavy atom. The lowest BCUT2D eigenvalue weighted by atomic mass is 9.89. The topological polar surface area (TPSA) is 52.0 Å². The molecule has 0 saturated carbocycles. The molecule has 0 aliphatic carbocycles. The Labute approximate surface area is 308 Å². The van der Waals surface area contributed by atoms with Gasteiger partial charge in [0.25, 0.3) is 0 Å². The summed E-state index contributed by atoms with van der Waals surface area (Å²) in [5.74, 6) is 0. The van der Waals surface area contributed by atoms with Crippen molar-refractivity contribution in [1.82, 2.24) is 0 Å². The van der Waals surface area contributed by atoms with Crippen LogP contribution >= 0.6 is 0 Å². The zero-order valence-electron chi connectivity index (χ0n) is 30.3. The Balaban J connectivity index is 1.36. The smallest absolute Gasteiger partial charge is 0.0320 e. The summed E-state index contributed by atoms with van der Waals surface area (Å²) in [5.41, 5.74) is 32.7. The van der Waals surface area contributed by atoms with E-state index in [2.05, 4.69) is 185 Å². The Morgan fingerprint density at radius 2 is 0.615 bits per heavy atom. The van der Waals surface area contributed by atoms with Gasteiger partial charge in [0.1, 0.15) is 0 Å². The van der Waals surface area contributed by atoms with Crippen LogP contribution in [-0.2, 0) is 0 Å². The number of aryl methyl sites for hydroxylation is 4. The molecule has 0 spiro atoms. The highest BCUT2D eigenvalue weighted by Gasteiger charge is 2.13. The molecule has 0 amide bonds. The van der Waals surface area contributed by atoms with E-state index in [4.69, 9.17) is 11.5 Å². The first-order valence-corrected chi connectivity index (χ1v) is 17.8. The van der Waals surface area contributed by atoms with Crippen LogP contribution in [0.3, 0.4) is 0 Å². The fourth-order valence-corrected chi connectivity index (χ4v) is 6.64. The van der Waals surface area contributed by atoms with Gasteiger partial charge in [-0.05, 0) is 131 Å². The lowest BCUT2D eigenvalue weighted by Crippen LogP contribution is -1.95. The van der Waals surface area contributed by atoms with Gasteiger partial charge in [-0.15, -0.1) is 0 Å². The fraction of sp³-hybridized carbons (Fsp3) is 0.0800. The largest absolute Gasteiger partial charge is 0.399 e. The molecule has 0 unspecified atom stereocenters. The van der Waals surface area contributed by atoms with Crippen LogP contribution in [0.15, 0.2) is 158 Å². The van der Waals surface area contributed by atoms with Crippen LogP contribution < -0.4 is 11.5 Å². The van der Waals surface area contributed by atoms with E-state index < -0.39 is 0 Å². The van der Waals surface area contributed by atoms with Crippen LogP contribution in [-0.4, -0.2) is 0 Å². The highest BCUT2D eigenvalue weighted by Crippen LogP contribution is 2.36. The lowest BCUT2D eigenvalue weighted by molar-refractivity contribution is 1.44. The molecule has 0 radical (unpaired) electrons. The number of benzene rings is 7. The van der Waals surface area contributed by atoms with E-state index in [0.29, 0.717) is 0 Å². The molecule has 0 aliphatic rings. The molecule has 0 saturated heterocycles. The minimum atomic E-state index is 0.746. The average molecular weight is 673 g/mol. The summed E-state index contributed by atoms with van der Waals surface area (Å²) in [6.45, 7) is 8.48. The van der Waals surface area contributed by atoms with E-state index in [-0.39, 0.29) is 0 Å². The number of hydrogen-bond acceptors (Lipinski definition) is 2. The molecule has 0 heterocycles. The number of anilines is 2. The number of hydrogen-bond donors (Lipinski definition) is 2. The van der Waals surface area contributed by atoms with Crippen LogP contribution in [0.2, 0.25) is 0 Å². The van der Waals surface area contributed by atoms with E-state index in [9.17, 15) is 0 Å². The highest BCUT2D eigenvalue weighted by atomic mass is 14.5. The molecule has 2 nitrogen and oxygen atoms in total. The van der Waals surface area contributed by atoms with Crippen LogP contribution in [0.5, 0.6) is 0 Å². The first-order valence-electron chi connectivity index (χ1n) is 17.8. The molecule has 7 rings (SSSR count). The second-order valence-electron chi connectivity index (χ2n) is 13.9. The molecule has 254 valence electrons. The Morgan fingerprint density at radius 1 is 0.346 bits per heavy atom. The molecule has 2 heteroatoms. The van der Waals surface area contributed by atoms with E-state index >= 15 is 0 Å². The monoisotopic (exact) mass is 672 g/mol. The number of rotatable bonds is 8. The van der Waals surface area contributed by atoms with Crippen LogP contribution in [0, 0.1) is 27.7 Å². The van der Waals surface area contributed by atoms with Gasteiger partial charge in [0.05, 0.1) is 0 Å². The van der Waals surface area contributed by atoms with E-state index in [1.807, 2.05) is 12.1 Å². The van der Waals surface area contributed by atoms with Crippen LogP contribution in [0.4, 0.5) is 11.4 Å². The maximum Gasteiger partial charge on any atom is 0.0320 e. The molecule has 7 aromatic rings. The summed E-state index contributed by atoms with van der Waals surface area (Å²) in [7, 11) is 0. The second kappa shape index (κ2) is 14.8. The van der Waals surface area contributed by atoms with Crippen molar-refractivity contribution in [2.45, 2.75) is 27.7 Å². The minimum Gasteiger partial charge on any atom is -0.399 e. The third kappa shape index (κ3) is 7.67. The maximum absolute atomic E-state index is 6.34. The van der Waals surface area contributed by atoms with Crippen molar-refractivity contribution >= 4 is 34.7 Å². The van der Waals surface area contributed by atoms with Crippen molar-refractivity contribution in [1.29, 1.82) is 0 Å². The summed E-state index contributed by atoms with van der Waals surface area (Å²) in [6.07, 6.45) is 4.60. The predicted molar refractivity (Wildman–Crippen MR) is 225 cm³/mol. The van der Waals surface area contributed by atoms with Gasteiger partial charge in [-0.3, -0.25) is 0 Å². The van der Waals surface area contributed by atoms with E-state index in [0.717, 1.165) is 78.2 Å². The van der Waals surface area contributed by atoms with Crippen molar-refractivity contribution in [3.05, 3.63) is 213 Å². The van der Waals surface area contributed by atoms with Crippen molar-refractivity contribution in [3.63, 3.8) is 0 Å². The second-order valence-corrected chi connectivity index (χ2v) is 13.9. The maximum atomic E-state index is 6.34. The Kier molecular flexibility index (Phi) is 9.73. The van der Waals surface area contributed by atoms with Gasteiger partial charge in [0, 0.05) is 11.4 Å². The van der Waals surface area contributed by atoms with Crippen LogP contribution in [0.1, 0.15) is 55.6 Å². The summed E-state index contributed by atoms with van der Waals surface area (Å²) < 4.78 is 0. The molecule has 4 N–H and O–H groups in total. The van der Waals surface area contributed by atoms with Crippen molar-refractivity contribution in [2.75, 3.05) is 11.5 Å². The van der Waals surface area contributed by atoms with E-state index in [1.54, 1.807) is 0 Å². The first kappa shape index (κ1) is 34.1. The summed E-state index contributed by atoms with van der Waals surface area (Å²) >= 11 is 0. The van der Waals surface area contributed by atoms with Gasteiger partial charge in [-0.1, -0.05) is 156 Å². The van der Waals surface area contributed by atoms with Crippen molar-refractivity contribution in [2.24, 2.45) is 0 Å². The van der Waals surface area contributed by atoms with Gasteiger partial charge in [-0.25, -0.2) is 0 Å². The normalized spacial score (nSPS) is 11.8. The number of nitrogens with two attached hydrogens (primary N) is 2. The summed E-state index contributed by atoms with van der Waals surface area (Å²) in [5, 5.41) is 0. The minimum absolute atomic E-state index is 0.746. The molecule has 0 atom stereocenters. The zero-order valence-corrected chi connectivity index (χ0v) is 30.3. The molecule has 0 fully saturated rings. The third-order valence-electron chi connectivity index (χ3n) is 9.71. The molecule has 7 aromatic carbocycles. The molecule has 0 aliphatic heterocycles. The molecule has 52 heavy (non-hydrogen) atoms. The van der Waals surface area contributed by atoms with Gasteiger partial charge < -0.3 is 11.5 Å². The Hall–Kier alpha value is -6.38.